The second-order valence-corrected chi connectivity index (χ2v) is 8.30. The molecule has 0 aliphatic carbocycles. The van der Waals surface area contributed by atoms with Gasteiger partial charge in [-0.3, -0.25) is 4.79 Å². The van der Waals surface area contributed by atoms with Gasteiger partial charge in [-0.1, -0.05) is 30.3 Å². The molecule has 0 radical (unpaired) electrons. The highest BCUT2D eigenvalue weighted by molar-refractivity contribution is 5.77. The second kappa shape index (κ2) is 8.56. The number of piperidine rings is 1. The van der Waals surface area contributed by atoms with Crippen LogP contribution in [0, 0.1) is 5.41 Å². The number of nitrogens with one attached hydrogen (secondary N) is 1. The summed E-state index contributed by atoms with van der Waals surface area (Å²) < 4.78 is 5.56. The zero-order chi connectivity index (χ0) is 19.2. The Kier molecular flexibility index (Phi) is 6.68. The summed E-state index contributed by atoms with van der Waals surface area (Å²) in [4.78, 5) is 26.7. The van der Waals surface area contributed by atoms with Gasteiger partial charge < -0.3 is 15.0 Å². The molecule has 2 amide bonds. The lowest BCUT2D eigenvalue weighted by Gasteiger charge is -2.43. The first-order valence-corrected chi connectivity index (χ1v) is 9.52. The van der Waals surface area contributed by atoms with Gasteiger partial charge in [0, 0.05) is 31.5 Å². The van der Waals surface area contributed by atoms with Crippen LogP contribution in [-0.4, -0.2) is 42.1 Å². The molecule has 1 heterocycles. The number of ether oxygens (including phenoxy) is 1. The fourth-order valence-corrected chi connectivity index (χ4v) is 3.67. The van der Waals surface area contributed by atoms with Crippen molar-refractivity contribution >= 4 is 12.0 Å². The molecule has 0 bridgehead atoms. The topological polar surface area (TPSA) is 58.6 Å². The summed E-state index contributed by atoms with van der Waals surface area (Å²) in [6, 6.07) is 10.2. The predicted octanol–water partition coefficient (Wildman–Crippen LogP) is 3.77. The molecule has 1 aliphatic rings. The largest absolute Gasteiger partial charge is 0.444 e. The molecule has 26 heavy (non-hydrogen) atoms. The standard InChI is InChI=1S/C21H32N2O3/c1-5-22-18(24)15-21(14-17-10-7-6-8-11-17)12-9-13-23(16-21)19(25)26-20(2,3)4/h6-8,10-11H,5,9,12-16H2,1-4H3,(H,22,24)/t21-/m0/s1. The van der Waals surface area contributed by atoms with Crippen LogP contribution in [0.1, 0.15) is 52.5 Å². The molecule has 144 valence electrons. The number of hydrogen-bond donors (Lipinski definition) is 1. The Bertz CT molecular complexity index is 609. The molecule has 1 aliphatic heterocycles. The fourth-order valence-electron chi connectivity index (χ4n) is 3.67. The van der Waals surface area contributed by atoms with E-state index in [9.17, 15) is 9.59 Å². The first-order valence-electron chi connectivity index (χ1n) is 9.52. The Hall–Kier alpha value is -2.04. The number of rotatable bonds is 5. The van der Waals surface area contributed by atoms with E-state index in [1.807, 2.05) is 45.9 Å². The van der Waals surface area contributed by atoms with Crippen molar-refractivity contribution in [2.24, 2.45) is 5.41 Å². The zero-order valence-electron chi connectivity index (χ0n) is 16.5. The van der Waals surface area contributed by atoms with E-state index in [-0.39, 0.29) is 17.4 Å². The van der Waals surface area contributed by atoms with E-state index in [2.05, 4.69) is 17.4 Å². The summed E-state index contributed by atoms with van der Waals surface area (Å²) in [6.07, 6.45) is 2.73. The van der Waals surface area contributed by atoms with E-state index in [1.165, 1.54) is 5.56 Å². The number of benzene rings is 1. The molecule has 0 spiro atoms. The minimum absolute atomic E-state index is 0.0504. The molecule has 2 rings (SSSR count). The van der Waals surface area contributed by atoms with Gasteiger partial charge in [0.2, 0.25) is 5.91 Å². The lowest BCUT2D eigenvalue weighted by atomic mass is 9.72. The number of hydrogen-bond acceptors (Lipinski definition) is 3. The zero-order valence-corrected chi connectivity index (χ0v) is 16.5. The molecule has 5 nitrogen and oxygen atoms in total. The van der Waals surface area contributed by atoms with Crippen molar-refractivity contribution in [3.05, 3.63) is 35.9 Å². The van der Waals surface area contributed by atoms with Gasteiger partial charge in [0.1, 0.15) is 5.60 Å². The van der Waals surface area contributed by atoms with E-state index in [0.717, 1.165) is 19.3 Å². The van der Waals surface area contributed by atoms with Gasteiger partial charge in [-0.05, 0) is 52.5 Å². The van der Waals surface area contributed by atoms with Crippen LogP contribution in [0.15, 0.2) is 30.3 Å². The van der Waals surface area contributed by atoms with Crippen molar-refractivity contribution in [1.82, 2.24) is 10.2 Å². The van der Waals surface area contributed by atoms with E-state index in [4.69, 9.17) is 4.74 Å². The van der Waals surface area contributed by atoms with Crippen LogP contribution in [0.25, 0.3) is 0 Å². The molecule has 0 unspecified atom stereocenters. The summed E-state index contributed by atoms with van der Waals surface area (Å²) >= 11 is 0. The Morgan fingerprint density at radius 2 is 1.92 bits per heavy atom. The van der Waals surface area contributed by atoms with Crippen molar-refractivity contribution in [2.75, 3.05) is 19.6 Å². The predicted molar refractivity (Wildman–Crippen MR) is 103 cm³/mol. The minimum atomic E-state index is -0.518. The van der Waals surface area contributed by atoms with Gasteiger partial charge in [0.05, 0.1) is 0 Å². The lowest BCUT2D eigenvalue weighted by molar-refractivity contribution is -0.124. The van der Waals surface area contributed by atoms with Crippen LogP contribution in [0.2, 0.25) is 0 Å². The van der Waals surface area contributed by atoms with Crippen molar-refractivity contribution in [1.29, 1.82) is 0 Å². The summed E-state index contributed by atoms with van der Waals surface area (Å²) in [5, 5.41) is 2.91. The summed E-state index contributed by atoms with van der Waals surface area (Å²) in [6.45, 7) is 9.41. The molecule has 1 fully saturated rings. The highest BCUT2D eigenvalue weighted by Gasteiger charge is 2.40. The number of amides is 2. The normalized spacial score (nSPS) is 20.5. The Morgan fingerprint density at radius 3 is 2.54 bits per heavy atom. The summed E-state index contributed by atoms with van der Waals surface area (Å²) in [7, 11) is 0. The molecular formula is C21H32N2O3. The van der Waals surface area contributed by atoms with Crippen molar-refractivity contribution < 1.29 is 14.3 Å². The molecule has 1 aromatic rings. The second-order valence-electron chi connectivity index (χ2n) is 8.30. The third-order valence-corrected chi connectivity index (χ3v) is 4.64. The number of carbonyl (C=O) groups excluding carboxylic acids is 2. The van der Waals surface area contributed by atoms with E-state index < -0.39 is 5.60 Å². The molecule has 1 atom stereocenters. The number of nitrogens with zero attached hydrogens (tertiary/aromatic N) is 1. The third kappa shape index (κ3) is 6.04. The quantitative estimate of drug-likeness (QED) is 0.869. The Morgan fingerprint density at radius 1 is 1.23 bits per heavy atom. The monoisotopic (exact) mass is 360 g/mol. The first-order chi connectivity index (χ1) is 12.2. The van der Waals surface area contributed by atoms with Gasteiger partial charge >= 0.3 is 6.09 Å². The average molecular weight is 360 g/mol. The Balaban J connectivity index is 2.19. The minimum Gasteiger partial charge on any atom is -0.444 e. The van der Waals surface area contributed by atoms with Crippen LogP contribution in [0.4, 0.5) is 4.79 Å². The highest BCUT2D eigenvalue weighted by Crippen LogP contribution is 2.37. The summed E-state index contributed by atoms with van der Waals surface area (Å²) in [5.74, 6) is 0.0504. The lowest BCUT2D eigenvalue weighted by Crippen LogP contribution is -2.50. The van der Waals surface area contributed by atoms with Crippen LogP contribution >= 0.6 is 0 Å². The number of likely N-dealkylation sites (tertiary alicyclic amines) is 1. The number of carbonyl (C=O) groups is 2. The van der Waals surface area contributed by atoms with Crippen molar-refractivity contribution in [2.45, 2.75) is 59.0 Å². The van der Waals surface area contributed by atoms with Gasteiger partial charge in [-0.2, -0.15) is 0 Å². The molecular weight excluding hydrogens is 328 g/mol. The highest BCUT2D eigenvalue weighted by atomic mass is 16.6. The SMILES string of the molecule is CCNC(=O)C[C@@]1(Cc2ccccc2)CCCN(C(=O)OC(C)(C)C)C1. The van der Waals surface area contributed by atoms with Crippen LogP contribution in [0.3, 0.4) is 0 Å². The van der Waals surface area contributed by atoms with Gasteiger partial charge in [-0.25, -0.2) is 4.79 Å². The summed E-state index contributed by atoms with van der Waals surface area (Å²) in [5.41, 5.74) is 0.425. The fraction of sp³-hybridized carbons (Fsp3) is 0.619. The maximum absolute atomic E-state index is 12.6. The average Bonchev–Trinajstić information content (AvgIpc) is 2.54. The van der Waals surface area contributed by atoms with E-state index in [0.29, 0.717) is 26.1 Å². The molecule has 1 aromatic carbocycles. The first kappa shape index (κ1) is 20.3. The van der Waals surface area contributed by atoms with Crippen LogP contribution in [0.5, 0.6) is 0 Å². The smallest absolute Gasteiger partial charge is 0.410 e. The van der Waals surface area contributed by atoms with E-state index in [1.54, 1.807) is 4.90 Å². The van der Waals surface area contributed by atoms with Crippen LogP contribution in [-0.2, 0) is 16.0 Å². The maximum atomic E-state index is 12.6. The maximum Gasteiger partial charge on any atom is 0.410 e. The molecule has 0 aromatic heterocycles. The molecule has 0 saturated carbocycles. The van der Waals surface area contributed by atoms with E-state index >= 15 is 0 Å². The molecule has 5 heteroatoms. The Labute approximate surface area is 157 Å². The van der Waals surface area contributed by atoms with Gasteiger partial charge in [0.15, 0.2) is 0 Å². The molecule has 1 saturated heterocycles. The van der Waals surface area contributed by atoms with Gasteiger partial charge in [-0.15, -0.1) is 0 Å². The van der Waals surface area contributed by atoms with Gasteiger partial charge in [0.25, 0.3) is 0 Å². The third-order valence-electron chi connectivity index (χ3n) is 4.64. The van der Waals surface area contributed by atoms with Crippen molar-refractivity contribution in [3.8, 4) is 0 Å². The molecule has 1 N–H and O–H groups in total. The van der Waals surface area contributed by atoms with Crippen LogP contribution < -0.4 is 5.32 Å². The van der Waals surface area contributed by atoms with Crippen molar-refractivity contribution in [3.63, 3.8) is 0 Å².